The SMILES string of the molecule is COC(=O)N[C@H](C(=O)N1CCC[C@H]1c1ncc(-c2ccc(-c3ccc(-c4cnc([C@@H]5CCCN5C(=O)[C@@H](NC(=O)OC)C5CC5)[nH]4)c(F)c3)cc2)[nH]1)C(C)C. The molecule has 2 aromatic carbocycles. The predicted molar refractivity (Wildman–Crippen MR) is 201 cm³/mol. The number of methoxy groups -OCH3 is 2. The number of H-pyrrole nitrogens is 2. The van der Waals surface area contributed by atoms with E-state index in [1.807, 2.05) is 44.2 Å². The van der Waals surface area contributed by atoms with Gasteiger partial charge in [-0.25, -0.2) is 23.9 Å². The third-order valence-electron chi connectivity index (χ3n) is 10.9. The van der Waals surface area contributed by atoms with E-state index in [1.54, 1.807) is 28.3 Å². The Bertz CT molecular complexity index is 2040. The first kappa shape index (κ1) is 37.6. The van der Waals surface area contributed by atoms with Crippen LogP contribution in [0.1, 0.15) is 76.1 Å². The summed E-state index contributed by atoms with van der Waals surface area (Å²) >= 11 is 0. The lowest BCUT2D eigenvalue weighted by Crippen LogP contribution is -2.51. The van der Waals surface area contributed by atoms with Gasteiger partial charge in [-0.3, -0.25) is 9.59 Å². The molecule has 3 aliphatic rings. The van der Waals surface area contributed by atoms with Gasteiger partial charge < -0.3 is 39.9 Å². The third kappa shape index (κ3) is 7.91. The summed E-state index contributed by atoms with van der Waals surface area (Å²) in [6.45, 7) is 4.87. The lowest BCUT2D eigenvalue weighted by atomic mass is 10.0. The third-order valence-corrected chi connectivity index (χ3v) is 10.9. The van der Waals surface area contributed by atoms with Crippen LogP contribution >= 0.6 is 0 Å². The Hall–Kier alpha value is -5.73. The maximum atomic E-state index is 15.7. The van der Waals surface area contributed by atoms with E-state index in [-0.39, 0.29) is 35.7 Å². The van der Waals surface area contributed by atoms with Crippen LogP contribution in [0.25, 0.3) is 33.6 Å². The van der Waals surface area contributed by atoms with E-state index >= 15 is 4.39 Å². The van der Waals surface area contributed by atoms with Crippen molar-refractivity contribution in [1.29, 1.82) is 0 Å². The molecule has 4 aromatic rings. The van der Waals surface area contributed by atoms with E-state index in [1.165, 1.54) is 20.3 Å². The highest BCUT2D eigenvalue weighted by Crippen LogP contribution is 2.38. The van der Waals surface area contributed by atoms with Crippen LogP contribution in [-0.4, -0.2) is 93.1 Å². The molecule has 2 aromatic heterocycles. The van der Waals surface area contributed by atoms with Gasteiger partial charge in [-0.05, 0) is 79.2 Å². The van der Waals surface area contributed by atoms with Crippen LogP contribution in [-0.2, 0) is 19.1 Å². The minimum absolute atomic E-state index is 0.0941. The topological polar surface area (TPSA) is 175 Å². The van der Waals surface area contributed by atoms with E-state index in [2.05, 4.69) is 30.6 Å². The Balaban J connectivity index is 1.02. The molecule has 0 radical (unpaired) electrons. The highest BCUT2D eigenvalue weighted by molar-refractivity contribution is 5.87. The summed E-state index contributed by atoms with van der Waals surface area (Å²) in [5.74, 6) is 0.489. The summed E-state index contributed by atoms with van der Waals surface area (Å²) in [4.78, 5) is 70.3. The number of benzene rings is 2. The van der Waals surface area contributed by atoms with Gasteiger partial charge in [0.25, 0.3) is 0 Å². The number of imidazole rings is 2. The number of nitrogens with one attached hydrogen (secondary N) is 4. The van der Waals surface area contributed by atoms with Crippen LogP contribution in [0, 0.1) is 17.7 Å². The molecule has 55 heavy (non-hydrogen) atoms. The van der Waals surface area contributed by atoms with Crippen molar-refractivity contribution < 1.29 is 33.0 Å². The molecule has 1 aliphatic carbocycles. The molecule has 4 atom stereocenters. The second kappa shape index (κ2) is 15.9. The Morgan fingerprint density at radius 3 is 1.87 bits per heavy atom. The Kier molecular flexibility index (Phi) is 10.9. The summed E-state index contributed by atoms with van der Waals surface area (Å²) in [7, 11) is 2.55. The van der Waals surface area contributed by atoms with Gasteiger partial charge >= 0.3 is 12.2 Å². The second-order valence-corrected chi connectivity index (χ2v) is 14.8. The van der Waals surface area contributed by atoms with Gasteiger partial charge in [0, 0.05) is 18.7 Å². The highest BCUT2D eigenvalue weighted by Gasteiger charge is 2.43. The number of aromatic nitrogens is 4. The largest absolute Gasteiger partial charge is 0.453 e. The van der Waals surface area contributed by atoms with Crippen LogP contribution < -0.4 is 10.6 Å². The average Bonchev–Trinajstić information content (AvgIpc) is 3.66. The number of carbonyl (C=O) groups excluding carboxylic acids is 4. The number of rotatable bonds is 11. The lowest BCUT2D eigenvalue weighted by molar-refractivity contribution is -0.136. The maximum Gasteiger partial charge on any atom is 0.407 e. The first-order valence-corrected chi connectivity index (χ1v) is 18.9. The minimum Gasteiger partial charge on any atom is -0.453 e. The zero-order valence-electron chi connectivity index (χ0n) is 31.4. The number of nitrogens with zero attached hydrogens (tertiary/aromatic N) is 4. The molecule has 0 bridgehead atoms. The molecule has 4 amide bonds. The normalized spacial score (nSPS) is 19.3. The molecular formula is C40H47FN8O6. The van der Waals surface area contributed by atoms with Gasteiger partial charge in [0.1, 0.15) is 29.5 Å². The fraction of sp³-hybridized carbons (Fsp3) is 0.450. The van der Waals surface area contributed by atoms with Gasteiger partial charge in [-0.1, -0.05) is 44.2 Å². The number of likely N-dealkylation sites (tertiary alicyclic amines) is 2. The Labute approximate surface area is 318 Å². The molecule has 4 N–H and O–H groups in total. The minimum atomic E-state index is -0.713. The molecule has 3 fully saturated rings. The lowest BCUT2D eigenvalue weighted by Gasteiger charge is -2.30. The van der Waals surface area contributed by atoms with E-state index < -0.39 is 30.1 Å². The van der Waals surface area contributed by atoms with Crippen molar-refractivity contribution in [3.8, 4) is 33.6 Å². The molecular weight excluding hydrogens is 707 g/mol. The van der Waals surface area contributed by atoms with Gasteiger partial charge in [-0.2, -0.15) is 0 Å². The molecule has 290 valence electrons. The first-order chi connectivity index (χ1) is 26.6. The van der Waals surface area contributed by atoms with Crippen LogP contribution in [0.3, 0.4) is 0 Å². The molecule has 15 heteroatoms. The van der Waals surface area contributed by atoms with Gasteiger partial charge in [0.05, 0.1) is 50.1 Å². The fourth-order valence-electron chi connectivity index (χ4n) is 7.73. The summed E-state index contributed by atoms with van der Waals surface area (Å²) < 4.78 is 25.2. The molecule has 14 nitrogen and oxygen atoms in total. The van der Waals surface area contributed by atoms with Gasteiger partial charge in [-0.15, -0.1) is 0 Å². The van der Waals surface area contributed by atoms with Crippen LogP contribution in [0.15, 0.2) is 54.9 Å². The summed E-state index contributed by atoms with van der Waals surface area (Å²) in [6.07, 6.45) is 6.88. The number of amides is 4. The molecule has 0 unspecified atom stereocenters. The van der Waals surface area contributed by atoms with E-state index in [4.69, 9.17) is 9.47 Å². The van der Waals surface area contributed by atoms with E-state index in [0.29, 0.717) is 48.0 Å². The first-order valence-electron chi connectivity index (χ1n) is 18.9. The van der Waals surface area contributed by atoms with Crippen molar-refractivity contribution in [1.82, 2.24) is 40.4 Å². The fourth-order valence-corrected chi connectivity index (χ4v) is 7.73. The number of ether oxygens (including phenoxy) is 2. The van der Waals surface area contributed by atoms with Crippen molar-refractivity contribution in [3.63, 3.8) is 0 Å². The summed E-state index contributed by atoms with van der Waals surface area (Å²) in [5, 5.41) is 5.39. The number of alkyl carbamates (subject to hydrolysis) is 2. The smallest absolute Gasteiger partial charge is 0.407 e. The monoisotopic (exact) mass is 754 g/mol. The highest BCUT2D eigenvalue weighted by atomic mass is 19.1. The van der Waals surface area contributed by atoms with Crippen molar-refractivity contribution in [2.24, 2.45) is 11.8 Å². The summed E-state index contributed by atoms with van der Waals surface area (Å²) in [6, 6.07) is 10.9. The second-order valence-electron chi connectivity index (χ2n) is 14.8. The number of hydrogen-bond donors (Lipinski definition) is 4. The number of halogens is 1. The van der Waals surface area contributed by atoms with Gasteiger partial charge in [0.15, 0.2) is 0 Å². The number of hydrogen-bond acceptors (Lipinski definition) is 8. The van der Waals surface area contributed by atoms with Crippen LogP contribution in [0.5, 0.6) is 0 Å². The van der Waals surface area contributed by atoms with E-state index in [9.17, 15) is 19.2 Å². The molecule has 2 saturated heterocycles. The van der Waals surface area contributed by atoms with Crippen molar-refractivity contribution >= 4 is 24.0 Å². The zero-order valence-corrected chi connectivity index (χ0v) is 31.4. The van der Waals surface area contributed by atoms with Crippen LogP contribution in [0.2, 0.25) is 0 Å². The Morgan fingerprint density at radius 1 is 0.745 bits per heavy atom. The molecule has 1 saturated carbocycles. The standard InChI is InChI=1S/C40H47FN8O6/c1-22(2)33(46-39(52)54-3)37(50)48-17-5-7-31(48)35-42-20-29(44-35)24-11-9-23(10-12-24)26-15-16-27(28(41)19-26)30-21-43-36(45-30)32-8-6-18-49(32)38(51)34(25-13-14-25)47-40(53)55-4/h9-12,15-16,19-22,25,31-34H,5-8,13-14,17-18H2,1-4H3,(H,42,44)(H,43,45)(H,46,52)(H,47,53)/t31-,32-,33-,34-/m0/s1. The van der Waals surface area contributed by atoms with Gasteiger partial charge in [0.2, 0.25) is 11.8 Å². The predicted octanol–water partition coefficient (Wildman–Crippen LogP) is 6.12. The maximum absolute atomic E-state index is 15.7. The van der Waals surface area contributed by atoms with Crippen molar-refractivity contribution in [2.45, 2.75) is 76.5 Å². The number of carbonyl (C=O) groups is 4. The van der Waals surface area contributed by atoms with Crippen molar-refractivity contribution in [2.75, 3.05) is 27.3 Å². The molecule has 4 heterocycles. The van der Waals surface area contributed by atoms with E-state index in [0.717, 1.165) is 48.9 Å². The van der Waals surface area contributed by atoms with Crippen LogP contribution in [0.4, 0.5) is 14.0 Å². The molecule has 0 spiro atoms. The quantitative estimate of drug-likeness (QED) is 0.142. The number of aromatic amines is 2. The summed E-state index contributed by atoms with van der Waals surface area (Å²) in [5.41, 5.74) is 4.08. The average molecular weight is 755 g/mol. The molecule has 7 rings (SSSR count). The van der Waals surface area contributed by atoms with Crippen molar-refractivity contribution in [3.05, 3.63) is 72.3 Å². The molecule has 2 aliphatic heterocycles. The Morgan fingerprint density at radius 2 is 1.29 bits per heavy atom. The zero-order chi connectivity index (χ0) is 38.8.